The minimum atomic E-state index is -0.448. The summed E-state index contributed by atoms with van der Waals surface area (Å²) in [5.41, 5.74) is -0.319. The van der Waals surface area contributed by atoms with E-state index in [1.807, 2.05) is 0 Å². The summed E-state index contributed by atoms with van der Waals surface area (Å²) < 4.78 is 1.51. The highest BCUT2D eigenvalue weighted by atomic mass is 16.2. The van der Waals surface area contributed by atoms with E-state index < -0.39 is 5.91 Å². The van der Waals surface area contributed by atoms with Crippen molar-refractivity contribution >= 4 is 5.91 Å². The lowest BCUT2D eigenvalue weighted by atomic mass is 10.2. The van der Waals surface area contributed by atoms with Gasteiger partial charge in [-0.15, -0.1) is 5.92 Å². The van der Waals surface area contributed by atoms with E-state index in [1.165, 1.54) is 16.9 Å². The highest BCUT2D eigenvalue weighted by molar-refractivity contribution is 5.94. The molecular weight excluding hydrogens is 244 g/mol. The van der Waals surface area contributed by atoms with Gasteiger partial charge in [0.25, 0.3) is 5.91 Å². The molecule has 2 aromatic rings. The molecule has 0 aliphatic heterocycles. The van der Waals surface area contributed by atoms with Gasteiger partial charge in [-0.3, -0.25) is 9.59 Å². The molecule has 2 N–H and O–H groups in total. The first kappa shape index (κ1) is 12.6. The van der Waals surface area contributed by atoms with E-state index in [0.29, 0.717) is 5.82 Å². The molecule has 0 fully saturated rings. The molecule has 0 saturated carbocycles. The van der Waals surface area contributed by atoms with Crippen LogP contribution in [0.3, 0.4) is 0 Å². The van der Waals surface area contributed by atoms with Crippen molar-refractivity contribution in [1.29, 1.82) is 0 Å². The van der Waals surface area contributed by atoms with E-state index in [-0.39, 0.29) is 17.5 Å². The van der Waals surface area contributed by atoms with Crippen molar-refractivity contribution < 1.29 is 4.79 Å². The number of pyridine rings is 1. The third kappa shape index (κ3) is 2.90. The van der Waals surface area contributed by atoms with Crippen LogP contribution in [-0.4, -0.2) is 27.2 Å². The summed E-state index contributed by atoms with van der Waals surface area (Å²) in [6.07, 6.45) is 4.66. The molecule has 1 amide bonds. The summed E-state index contributed by atoms with van der Waals surface area (Å²) in [6.45, 7) is 1.90. The molecule has 96 valence electrons. The van der Waals surface area contributed by atoms with Gasteiger partial charge in [-0.1, -0.05) is 5.92 Å². The Morgan fingerprint density at radius 2 is 2.42 bits per heavy atom. The minimum Gasteiger partial charge on any atom is -0.346 e. The number of nitrogens with one attached hydrogen (secondary N) is 2. The summed E-state index contributed by atoms with van der Waals surface area (Å²) in [5, 5.41) is 6.53. The number of carbonyl (C=O) groups excluding carboxylic acids is 1. The van der Waals surface area contributed by atoms with Crippen LogP contribution in [0.25, 0.3) is 5.82 Å². The monoisotopic (exact) mass is 256 g/mol. The molecule has 0 aliphatic carbocycles. The first-order chi connectivity index (χ1) is 9.22. The van der Waals surface area contributed by atoms with Crippen molar-refractivity contribution in [2.45, 2.75) is 6.92 Å². The van der Waals surface area contributed by atoms with E-state index in [1.54, 1.807) is 25.4 Å². The van der Waals surface area contributed by atoms with Crippen molar-refractivity contribution in [3.05, 3.63) is 46.5 Å². The molecule has 6 heteroatoms. The Morgan fingerprint density at radius 3 is 3.05 bits per heavy atom. The maximum absolute atomic E-state index is 11.9. The van der Waals surface area contributed by atoms with Crippen LogP contribution in [0.5, 0.6) is 0 Å². The van der Waals surface area contributed by atoms with Gasteiger partial charge in [-0.25, -0.2) is 4.68 Å². The SMILES string of the molecule is CC#CCNC(=O)c1c[nH]c(-n2cccn2)cc1=O. The predicted octanol–water partition coefficient (Wildman–Crippen LogP) is 0.314. The van der Waals surface area contributed by atoms with Gasteiger partial charge in [0.2, 0.25) is 0 Å². The molecule has 0 aliphatic rings. The molecule has 0 unspecified atom stereocenters. The van der Waals surface area contributed by atoms with Crippen LogP contribution in [0.1, 0.15) is 17.3 Å². The molecule has 0 radical (unpaired) electrons. The first-order valence-electron chi connectivity index (χ1n) is 5.63. The molecule has 0 atom stereocenters. The molecule has 2 rings (SSSR count). The molecule has 2 aromatic heterocycles. The van der Waals surface area contributed by atoms with E-state index >= 15 is 0 Å². The highest BCUT2D eigenvalue weighted by Crippen LogP contribution is 1.99. The highest BCUT2D eigenvalue weighted by Gasteiger charge is 2.10. The number of nitrogens with zero attached hydrogens (tertiary/aromatic N) is 2. The maximum atomic E-state index is 11.9. The number of aromatic nitrogens is 3. The lowest BCUT2D eigenvalue weighted by molar-refractivity contribution is 0.0957. The second-order valence-corrected chi connectivity index (χ2v) is 3.66. The zero-order valence-electron chi connectivity index (χ0n) is 10.3. The standard InChI is InChI=1S/C13H12N4O2/c1-2-3-5-14-13(19)10-9-15-12(8-11(10)18)17-7-4-6-16-17/h4,6-9H,5H2,1H3,(H,14,19)(H,15,18). The topological polar surface area (TPSA) is 79.8 Å². The normalized spacial score (nSPS) is 9.53. The average molecular weight is 256 g/mol. The Kier molecular flexibility index (Phi) is 3.78. The van der Waals surface area contributed by atoms with Gasteiger partial charge in [0, 0.05) is 24.7 Å². The molecular formula is C13H12N4O2. The van der Waals surface area contributed by atoms with Crippen molar-refractivity contribution in [2.75, 3.05) is 6.54 Å². The van der Waals surface area contributed by atoms with E-state index in [9.17, 15) is 9.59 Å². The van der Waals surface area contributed by atoms with Crippen LogP contribution in [0.2, 0.25) is 0 Å². The molecule has 0 aromatic carbocycles. The fourth-order valence-electron chi connectivity index (χ4n) is 1.49. The number of rotatable bonds is 3. The number of hydrogen-bond donors (Lipinski definition) is 2. The van der Waals surface area contributed by atoms with Crippen LogP contribution in [0.4, 0.5) is 0 Å². The zero-order valence-corrected chi connectivity index (χ0v) is 10.3. The van der Waals surface area contributed by atoms with Crippen LogP contribution in [-0.2, 0) is 0 Å². The molecule has 6 nitrogen and oxygen atoms in total. The predicted molar refractivity (Wildman–Crippen MR) is 70.0 cm³/mol. The van der Waals surface area contributed by atoms with Gasteiger partial charge in [0.15, 0.2) is 5.43 Å². The number of carbonyl (C=O) groups is 1. The van der Waals surface area contributed by atoms with Crippen molar-refractivity contribution in [3.8, 4) is 17.7 Å². The van der Waals surface area contributed by atoms with Crippen molar-refractivity contribution in [2.24, 2.45) is 0 Å². The maximum Gasteiger partial charge on any atom is 0.257 e. The smallest absolute Gasteiger partial charge is 0.257 e. The number of aromatic amines is 1. The van der Waals surface area contributed by atoms with Gasteiger partial charge in [-0.05, 0) is 13.0 Å². The molecule has 0 spiro atoms. The Balaban J connectivity index is 2.22. The van der Waals surface area contributed by atoms with Gasteiger partial charge in [0.1, 0.15) is 11.4 Å². The summed E-state index contributed by atoms with van der Waals surface area (Å²) in [4.78, 5) is 26.4. The van der Waals surface area contributed by atoms with E-state index in [4.69, 9.17) is 0 Å². The molecule has 0 saturated heterocycles. The molecule has 2 heterocycles. The van der Waals surface area contributed by atoms with Gasteiger partial charge >= 0.3 is 0 Å². The van der Waals surface area contributed by atoms with Crippen molar-refractivity contribution in [3.63, 3.8) is 0 Å². The summed E-state index contributed by atoms with van der Waals surface area (Å²) >= 11 is 0. The van der Waals surface area contributed by atoms with Crippen LogP contribution in [0.15, 0.2) is 35.5 Å². The van der Waals surface area contributed by atoms with Gasteiger partial charge in [0.05, 0.1) is 6.54 Å². The Hall–Kier alpha value is -2.81. The second kappa shape index (κ2) is 5.69. The van der Waals surface area contributed by atoms with Gasteiger partial charge in [-0.2, -0.15) is 5.10 Å². The van der Waals surface area contributed by atoms with Gasteiger partial charge < -0.3 is 10.3 Å². The third-order valence-electron chi connectivity index (χ3n) is 2.41. The van der Waals surface area contributed by atoms with Crippen LogP contribution >= 0.6 is 0 Å². The number of hydrogen-bond acceptors (Lipinski definition) is 3. The largest absolute Gasteiger partial charge is 0.346 e. The summed E-state index contributed by atoms with van der Waals surface area (Å²) in [7, 11) is 0. The lowest BCUT2D eigenvalue weighted by Crippen LogP contribution is -2.29. The Labute approximate surface area is 109 Å². The number of amides is 1. The molecule has 0 bridgehead atoms. The quantitative estimate of drug-likeness (QED) is 0.776. The minimum absolute atomic E-state index is 0.0498. The zero-order chi connectivity index (χ0) is 13.7. The Morgan fingerprint density at radius 1 is 1.58 bits per heavy atom. The van der Waals surface area contributed by atoms with Crippen LogP contribution < -0.4 is 10.7 Å². The summed E-state index contributed by atoms with van der Waals surface area (Å²) in [5.74, 6) is 5.40. The third-order valence-corrected chi connectivity index (χ3v) is 2.41. The van der Waals surface area contributed by atoms with Crippen LogP contribution in [0, 0.1) is 11.8 Å². The van der Waals surface area contributed by atoms with Crippen molar-refractivity contribution in [1.82, 2.24) is 20.1 Å². The second-order valence-electron chi connectivity index (χ2n) is 3.66. The van der Waals surface area contributed by atoms with E-state index in [2.05, 4.69) is 27.2 Å². The fourth-order valence-corrected chi connectivity index (χ4v) is 1.49. The lowest BCUT2D eigenvalue weighted by Gasteiger charge is -2.04. The summed E-state index contributed by atoms with van der Waals surface area (Å²) in [6, 6.07) is 3.07. The first-order valence-corrected chi connectivity index (χ1v) is 5.63. The van der Waals surface area contributed by atoms with E-state index in [0.717, 1.165) is 0 Å². The fraction of sp³-hybridized carbons (Fsp3) is 0.154. The average Bonchev–Trinajstić information content (AvgIpc) is 2.92. The number of H-pyrrole nitrogens is 1. The molecule has 19 heavy (non-hydrogen) atoms. The Bertz CT molecular complexity index is 689.